The zero-order valence-corrected chi connectivity index (χ0v) is 30.2. The van der Waals surface area contributed by atoms with Crippen molar-refractivity contribution >= 4 is 36.4 Å². The van der Waals surface area contributed by atoms with E-state index in [1.54, 1.807) is 7.11 Å². The number of carbonyl (C=O) groups excluding carboxylic acids is 2. The van der Waals surface area contributed by atoms with Crippen molar-refractivity contribution < 1.29 is 24.2 Å². The molecule has 3 N–H and O–H groups in total. The van der Waals surface area contributed by atoms with E-state index in [2.05, 4.69) is 75.7 Å². The highest BCUT2D eigenvalue weighted by Gasteiger charge is 2.66. The summed E-state index contributed by atoms with van der Waals surface area (Å²) in [5, 5.41) is 17.9. The quantitative estimate of drug-likeness (QED) is 0.190. The van der Waals surface area contributed by atoms with Crippen LogP contribution in [0.5, 0.6) is 5.75 Å². The zero-order valence-electron chi connectivity index (χ0n) is 29.2. The van der Waals surface area contributed by atoms with Crippen molar-refractivity contribution in [1.82, 2.24) is 5.32 Å². The first-order chi connectivity index (χ1) is 22.4. The highest BCUT2D eigenvalue weighted by Crippen LogP contribution is 2.60. The second-order valence-electron chi connectivity index (χ2n) is 14.3. The van der Waals surface area contributed by atoms with E-state index < -0.39 is 13.7 Å². The van der Waals surface area contributed by atoms with E-state index in [0.29, 0.717) is 18.7 Å². The fraction of sp³-hybridized carbons (Fsp3) is 0.526. The summed E-state index contributed by atoms with van der Waals surface area (Å²) in [6.45, 7) is 14.4. The molecule has 3 aliphatic heterocycles. The Morgan fingerprint density at radius 1 is 1.17 bits per heavy atom. The first kappa shape index (κ1) is 35.1. The number of hydrogen-bond donors (Lipinski definition) is 3. The monoisotopic (exact) mass is 659 g/mol. The van der Waals surface area contributed by atoms with Crippen LogP contribution < -0.4 is 25.5 Å². The van der Waals surface area contributed by atoms with Crippen LogP contribution in [0.25, 0.3) is 0 Å². The maximum absolute atomic E-state index is 14.9. The molecule has 5 atom stereocenters. The van der Waals surface area contributed by atoms with Gasteiger partial charge in [-0.3, -0.25) is 9.59 Å². The highest BCUT2D eigenvalue weighted by molar-refractivity contribution is 6.91. The molecular formula is C38H53N3O5Si. The number of fused-ring (bicyclic) bond motifs is 2. The number of amides is 2. The molecule has 254 valence electrons. The SMILES string of the molecule is COc1ccc([Si](C)(C)[C@@H]2[C@@H](CCO)O[C@]3(C(=O)N(C/C=C(\C)CCC=C(C)C)c4ccc(NC(=O)[C@H]5CCCN5)cc43)[C@H]2C)cc1. The fourth-order valence-corrected chi connectivity index (χ4v) is 12.1. The lowest BCUT2D eigenvalue weighted by atomic mass is 9.82. The molecule has 0 aliphatic carbocycles. The number of ether oxygens (including phenoxy) is 2. The molecule has 2 amide bonds. The molecule has 3 heterocycles. The Morgan fingerprint density at radius 3 is 2.55 bits per heavy atom. The summed E-state index contributed by atoms with van der Waals surface area (Å²) in [4.78, 5) is 29.9. The third-order valence-electron chi connectivity index (χ3n) is 10.6. The van der Waals surface area contributed by atoms with E-state index >= 15 is 0 Å². The molecule has 2 fully saturated rings. The molecule has 0 saturated carbocycles. The normalized spacial score (nSPS) is 25.7. The van der Waals surface area contributed by atoms with Crippen molar-refractivity contribution in [2.45, 2.75) is 96.2 Å². The number of nitrogens with one attached hydrogen (secondary N) is 2. The van der Waals surface area contributed by atoms with Crippen LogP contribution >= 0.6 is 0 Å². The summed E-state index contributed by atoms with van der Waals surface area (Å²) in [5.41, 5.74) is 3.63. The van der Waals surface area contributed by atoms with Gasteiger partial charge in [-0.05, 0) is 95.3 Å². The number of carbonyl (C=O) groups is 2. The summed E-state index contributed by atoms with van der Waals surface area (Å²) >= 11 is 0. The van der Waals surface area contributed by atoms with Gasteiger partial charge in [-0.15, -0.1) is 0 Å². The van der Waals surface area contributed by atoms with Crippen LogP contribution in [0.1, 0.15) is 65.4 Å². The minimum Gasteiger partial charge on any atom is -0.497 e. The number of aliphatic hydroxyl groups is 1. The molecule has 47 heavy (non-hydrogen) atoms. The Morgan fingerprint density at radius 2 is 1.91 bits per heavy atom. The predicted octanol–water partition coefficient (Wildman–Crippen LogP) is 6.02. The minimum absolute atomic E-state index is 0.0279. The fourth-order valence-electron chi connectivity index (χ4n) is 8.05. The molecule has 8 nitrogen and oxygen atoms in total. The lowest BCUT2D eigenvalue weighted by Crippen LogP contribution is -2.52. The van der Waals surface area contributed by atoms with Gasteiger partial charge < -0.3 is 30.1 Å². The summed E-state index contributed by atoms with van der Waals surface area (Å²) in [5.74, 6) is 0.500. The second kappa shape index (κ2) is 14.5. The third-order valence-corrected chi connectivity index (χ3v) is 15.0. The summed E-state index contributed by atoms with van der Waals surface area (Å²) in [7, 11) is -0.620. The van der Waals surface area contributed by atoms with Crippen LogP contribution in [0.4, 0.5) is 11.4 Å². The van der Waals surface area contributed by atoms with Gasteiger partial charge >= 0.3 is 0 Å². The van der Waals surface area contributed by atoms with Gasteiger partial charge in [0.1, 0.15) is 5.75 Å². The Kier molecular flexibility index (Phi) is 10.8. The van der Waals surface area contributed by atoms with E-state index in [-0.39, 0.29) is 42.0 Å². The topological polar surface area (TPSA) is 100 Å². The Balaban J connectivity index is 1.55. The summed E-state index contributed by atoms with van der Waals surface area (Å²) in [6.07, 6.45) is 8.21. The standard InChI is InChI=1S/C38H53N3O5Si/c1-25(2)10-8-11-26(3)19-22-41-33-18-13-28(40-36(43)32-12-9-21-39-32)24-31(33)38(37(41)44)27(4)35(34(46-38)20-23-42)47(6,7)30-16-14-29(45-5)15-17-30/h10,13-19,24,27,32,34-35,39,42H,8-9,11-12,20-23H2,1-7H3,(H,40,43)/b26-19+/t27-,32+,34+,35-,38+/m0/s1. The Labute approximate surface area is 281 Å². The van der Waals surface area contributed by atoms with Crippen LogP contribution in [0, 0.1) is 5.92 Å². The predicted molar refractivity (Wildman–Crippen MR) is 192 cm³/mol. The largest absolute Gasteiger partial charge is 0.497 e. The maximum Gasteiger partial charge on any atom is 0.264 e. The van der Waals surface area contributed by atoms with E-state index in [1.807, 2.05) is 35.2 Å². The molecule has 5 rings (SSSR count). The van der Waals surface area contributed by atoms with Crippen molar-refractivity contribution in [3.05, 3.63) is 71.3 Å². The van der Waals surface area contributed by atoms with Crippen molar-refractivity contribution in [2.24, 2.45) is 5.92 Å². The number of allylic oxidation sites excluding steroid dienone is 3. The molecule has 0 unspecified atom stereocenters. The van der Waals surface area contributed by atoms with Gasteiger partial charge in [0.25, 0.3) is 5.91 Å². The molecule has 0 bridgehead atoms. The molecule has 9 heteroatoms. The molecule has 0 radical (unpaired) electrons. The number of nitrogens with zero attached hydrogens (tertiary/aromatic N) is 1. The molecule has 3 aliphatic rings. The van der Waals surface area contributed by atoms with Gasteiger partial charge in [0.2, 0.25) is 5.91 Å². The van der Waals surface area contributed by atoms with Crippen molar-refractivity contribution in [3.63, 3.8) is 0 Å². The van der Waals surface area contributed by atoms with Crippen LogP contribution in [0.2, 0.25) is 18.6 Å². The van der Waals surface area contributed by atoms with Crippen LogP contribution in [0.3, 0.4) is 0 Å². The average molecular weight is 660 g/mol. The zero-order chi connectivity index (χ0) is 33.9. The van der Waals surface area contributed by atoms with Gasteiger partial charge in [-0.1, -0.05) is 60.6 Å². The van der Waals surface area contributed by atoms with E-state index in [9.17, 15) is 14.7 Å². The number of aliphatic hydroxyl groups excluding tert-OH is 1. The van der Waals surface area contributed by atoms with E-state index in [4.69, 9.17) is 9.47 Å². The first-order valence-electron chi connectivity index (χ1n) is 17.2. The summed E-state index contributed by atoms with van der Waals surface area (Å²) < 4.78 is 12.5. The average Bonchev–Trinajstić information content (AvgIpc) is 3.74. The maximum atomic E-state index is 14.9. The van der Waals surface area contributed by atoms with Crippen molar-refractivity contribution in [3.8, 4) is 5.75 Å². The van der Waals surface area contributed by atoms with Gasteiger partial charge in [-0.25, -0.2) is 0 Å². The molecule has 2 saturated heterocycles. The molecule has 0 aromatic heterocycles. The number of benzene rings is 2. The number of rotatable bonds is 12. The number of hydrogen-bond acceptors (Lipinski definition) is 6. The van der Waals surface area contributed by atoms with Gasteiger partial charge in [-0.2, -0.15) is 0 Å². The smallest absolute Gasteiger partial charge is 0.264 e. The molecule has 2 aromatic rings. The van der Waals surface area contributed by atoms with Crippen LogP contribution in [0.15, 0.2) is 65.8 Å². The molecule has 1 spiro atoms. The number of methoxy groups -OCH3 is 1. The van der Waals surface area contributed by atoms with Gasteiger partial charge in [0, 0.05) is 30.3 Å². The van der Waals surface area contributed by atoms with E-state index in [1.165, 1.54) is 16.3 Å². The highest BCUT2D eigenvalue weighted by atomic mass is 28.3. The van der Waals surface area contributed by atoms with Gasteiger partial charge in [0.15, 0.2) is 5.60 Å². The third kappa shape index (κ3) is 6.86. The lowest BCUT2D eigenvalue weighted by molar-refractivity contribution is -0.146. The van der Waals surface area contributed by atoms with Gasteiger partial charge in [0.05, 0.1) is 33.0 Å². The van der Waals surface area contributed by atoms with Crippen LogP contribution in [-0.4, -0.2) is 63.9 Å². The van der Waals surface area contributed by atoms with Crippen LogP contribution in [-0.2, 0) is 19.9 Å². The lowest BCUT2D eigenvalue weighted by Gasteiger charge is -2.37. The Bertz CT molecular complexity index is 1510. The second-order valence-corrected chi connectivity index (χ2v) is 19.0. The molecule has 2 aromatic carbocycles. The first-order valence-corrected chi connectivity index (χ1v) is 20.2. The minimum atomic E-state index is -2.29. The van der Waals surface area contributed by atoms with Crippen molar-refractivity contribution in [1.29, 1.82) is 0 Å². The summed E-state index contributed by atoms with van der Waals surface area (Å²) in [6, 6.07) is 13.9. The van der Waals surface area contributed by atoms with Crippen molar-refractivity contribution in [2.75, 3.05) is 37.0 Å². The Hall–Kier alpha value is -3.24. The number of anilines is 2. The molecular weight excluding hydrogens is 607 g/mol. The van der Waals surface area contributed by atoms with E-state index in [0.717, 1.165) is 49.2 Å².